The highest BCUT2D eigenvalue weighted by molar-refractivity contribution is 7.09. The second-order valence-electron chi connectivity index (χ2n) is 3.97. The number of aryl methyl sites for hydroxylation is 1. The molecule has 1 heterocycles. The van der Waals surface area contributed by atoms with Gasteiger partial charge in [0.2, 0.25) is 5.13 Å². The van der Waals surface area contributed by atoms with E-state index >= 15 is 0 Å². The van der Waals surface area contributed by atoms with Gasteiger partial charge in [0.25, 0.3) is 0 Å². The molecule has 16 heavy (non-hydrogen) atoms. The van der Waals surface area contributed by atoms with Gasteiger partial charge in [-0.05, 0) is 12.3 Å². The van der Waals surface area contributed by atoms with Gasteiger partial charge in [-0.15, -0.1) is 0 Å². The number of aromatic nitrogens is 2. The summed E-state index contributed by atoms with van der Waals surface area (Å²) in [5, 5.41) is 12.5. The molecule has 0 spiro atoms. The number of nitrogens with zero attached hydrogens (tertiary/aromatic N) is 2. The number of aliphatic carboxylic acids is 1. The molecule has 2 N–H and O–H groups in total. The van der Waals surface area contributed by atoms with E-state index in [0.717, 1.165) is 18.7 Å². The molecule has 1 atom stereocenters. The predicted octanol–water partition coefficient (Wildman–Crippen LogP) is 2.01. The monoisotopic (exact) mass is 243 g/mol. The smallest absolute Gasteiger partial charge is 0.326 e. The van der Waals surface area contributed by atoms with E-state index in [2.05, 4.69) is 21.6 Å². The number of carboxylic acids is 1. The van der Waals surface area contributed by atoms with E-state index in [1.165, 1.54) is 11.5 Å². The molecule has 0 aliphatic heterocycles. The highest BCUT2D eigenvalue weighted by atomic mass is 32.1. The Morgan fingerprint density at radius 1 is 1.56 bits per heavy atom. The summed E-state index contributed by atoms with van der Waals surface area (Å²) < 4.78 is 4.15. The van der Waals surface area contributed by atoms with Gasteiger partial charge in [0.15, 0.2) is 0 Å². The molecule has 0 amide bonds. The number of carboxylic acid groups (broad SMARTS) is 1. The van der Waals surface area contributed by atoms with Crippen molar-refractivity contribution < 1.29 is 9.90 Å². The molecule has 0 unspecified atom stereocenters. The second-order valence-corrected chi connectivity index (χ2v) is 4.72. The van der Waals surface area contributed by atoms with Gasteiger partial charge in [-0.25, -0.2) is 9.78 Å². The minimum Gasteiger partial charge on any atom is -0.480 e. The van der Waals surface area contributed by atoms with Crippen molar-refractivity contribution in [1.82, 2.24) is 9.36 Å². The summed E-state index contributed by atoms with van der Waals surface area (Å²) in [6, 6.07) is -0.609. The van der Waals surface area contributed by atoms with Gasteiger partial charge in [0.05, 0.1) is 0 Å². The van der Waals surface area contributed by atoms with Crippen LogP contribution in [0, 0.1) is 5.92 Å². The maximum atomic E-state index is 11.0. The summed E-state index contributed by atoms with van der Waals surface area (Å²) in [7, 11) is 0. The molecule has 0 aliphatic carbocycles. The largest absolute Gasteiger partial charge is 0.480 e. The summed E-state index contributed by atoms with van der Waals surface area (Å²) in [4.78, 5) is 15.2. The van der Waals surface area contributed by atoms with Crippen LogP contribution in [0.2, 0.25) is 0 Å². The molecule has 6 heteroatoms. The quantitative estimate of drug-likeness (QED) is 0.799. The lowest BCUT2D eigenvalue weighted by atomic mass is 10.1. The van der Waals surface area contributed by atoms with Crippen LogP contribution in [-0.4, -0.2) is 26.5 Å². The average Bonchev–Trinajstić information content (AvgIpc) is 2.61. The summed E-state index contributed by atoms with van der Waals surface area (Å²) in [6.07, 6.45) is 1.82. The van der Waals surface area contributed by atoms with Crippen LogP contribution < -0.4 is 5.32 Å². The number of nitrogens with one attached hydrogen (secondary N) is 1. The minimum absolute atomic E-state index is 0.0102. The lowest BCUT2D eigenvalue weighted by Crippen LogP contribution is -2.34. The fourth-order valence-electron chi connectivity index (χ4n) is 1.28. The van der Waals surface area contributed by atoms with Crippen LogP contribution in [0.15, 0.2) is 0 Å². The fraction of sp³-hybridized carbons (Fsp3) is 0.700. The van der Waals surface area contributed by atoms with E-state index in [-0.39, 0.29) is 5.92 Å². The summed E-state index contributed by atoms with van der Waals surface area (Å²) >= 11 is 1.22. The maximum absolute atomic E-state index is 11.0. The SMILES string of the molecule is CCCc1nsc(N[C@H](C(=O)O)C(C)C)n1. The summed E-state index contributed by atoms with van der Waals surface area (Å²) in [6.45, 7) is 5.78. The normalized spacial score (nSPS) is 12.8. The zero-order valence-electron chi connectivity index (χ0n) is 9.73. The molecule has 0 bridgehead atoms. The first kappa shape index (κ1) is 12.9. The van der Waals surface area contributed by atoms with Crippen molar-refractivity contribution in [3.8, 4) is 0 Å². The molecular formula is C10H17N3O2S. The third-order valence-corrected chi connectivity index (χ3v) is 2.84. The predicted molar refractivity (Wildman–Crippen MR) is 63.8 cm³/mol. The third-order valence-electron chi connectivity index (χ3n) is 2.15. The Bertz CT molecular complexity index is 352. The Kier molecular flexibility index (Phi) is 4.67. The van der Waals surface area contributed by atoms with E-state index in [1.54, 1.807) is 0 Å². The van der Waals surface area contributed by atoms with Crippen LogP contribution in [0.1, 0.15) is 33.0 Å². The topological polar surface area (TPSA) is 75.1 Å². The van der Waals surface area contributed by atoms with Crippen molar-refractivity contribution in [3.05, 3.63) is 5.82 Å². The molecule has 1 rings (SSSR count). The molecule has 1 aromatic rings. The van der Waals surface area contributed by atoms with Crippen molar-refractivity contribution in [2.75, 3.05) is 5.32 Å². The molecule has 0 saturated carbocycles. The van der Waals surface area contributed by atoms with Crippen LogP contribution in [0.25, 0.3) is 0 Å². The van der Waals surface area contributed by atoms with Crippen LogP contribution in [-0.2, 0) is 11.2 Å². The average molecular weight is 243 g/mol. The fourth-order valence-corrected chi connectivity index (χ4v) is 1.93. The first-order valence-electron chi connectivity index (χ1n) is 5.36. The Morgan fingerprint density at radius 3 is 2.75 bits per heavy atom. The van der Waals surface area contributed by atoms with Gasteiger partial charge >= 0.3 is 5.97 Å². The zero-order valence-corrected chi connectivity index (χ0v) is 10.5. The van der Waals surface area contributed by atoms with E-state index in [0.29, 0.717) is 5.13 Å². The first-order valence-corrected chi connectivity index (χ1v) is 6.13. The third kappa shape index (κ3) is 3.44. The molecular weight excluding hydrogens is 226 g/mol. The number of hydrogen-bond donors (Lipinski definition) is 2. The van der Waals surface area contributed by atoms with E-state index in [4.69, 9.17) is 5.11 Å². The van der Waals surface area contributed by atoms with Crippen LogP contribution in [0.4, 0.5) is 5.13 Å². The Hall–Kier alpha value is -1.17. The van der Waals surface area contributed by atoms with Crippen molar-refractivity contribution in [1.29, 1.82) is 0 Å². The van der Waals surface area contributed by atoms with Crippen molar-refractivity contribution in [2.24, 2.45) is 5.92 Å². The number of anilines is 1. The molecule has 0 saturated heterocycles. The summed E-state index contributed by atoms with van der Waals surface area (Å²) in [5.41, 5.74) is 0. The van der Waals surface area contributed by atoms with E-state index in [1.807, 2.05) is 13.8 Å². The maximum Gasteiger partial charge on any atom is 0.326 e. The summed E-state index contributed by atoms with van der Waals surface area (Å²) in [5.74, 6) is -0.0684. The van der Waals surface area contributed by atoms with Crippen LogP contribution >= 0.6 is 11.5 Å². The first-order chi connectivity index (χ1) is 7.54. The minimum atomic E-state index is -0.859. The van der Waals surface area contributed by atoms with Crippen LogP contribution in [0.3, 0.4) is 0 Å². The second kappa shape index (κ2) is 5.79. The highest BCUT2D eigenvalue weighted by Crippen LogP contribution is 2.16. The molecule has 0 aliphatic rings. The molecule has 90 valence electrons. The van der Waals surface area contributed by atoms with Gasteiger partial charge < -0.3 is 10.4 Å². The number of carbonyl (C=O) groups is 1. The van der Waals surface area contributed by atoms with Gasteiger partial charge in [0, 0.05) is 18.0 Å². The lowest BCUT2D eigenvalue weighted by molar-refractivity contribution is -0.138. The van der Waals surface area contributed by atoms with E-state index in [9.17, 15) is 4.79 Å². The zero-order chi connectivity index (χ0) is 12.1. The Balaban J connectivity index is 2.66. The van der Waals surface area contributed by atoms with Gasteiger partial charge in [-0.3, -0.25) is 0 Å². The van der Waals surface area contributed by atoms with Gasteiger partial charge in [-0.2, -0.15) is 4.37 Å². The van der Waals surface area contributed by atoms with Crippen molar-refractivity contribution in [3.63, 3.8) is 0 Å². The molecule has 0 aromatic carbocycles. The Labute approximate surface area is 99.1 Å². The molecule has 0 radical (unpaired) electrons. The molecule has 0 fully saturated rings. The van der Waals surface area contributed by atoms with E-state index < -0.39 is 12.0 Å². The lowest BCUT2D eigenvalue weighted by Gasteiger charge is -2.16. The highest BCUT2D eigenvalue weighted by Gasteiger charge is 2.22. The molecule has 5 nitrogen and oxygen atoms in total. The van der Waals surface area contributed by atoms with Gasteiger partial charge in [-0.1, -0.05) is 20.8 Å². The standard InChI is InChI=1S/C10H17N3O2S/c1-4-5-7-11-10(16-13-7)12-8(6(2)3)9(14)15/h6,8H,4-5H2,1-3H3,(H,14,15)(H,11,12,13)/t8-/m0/s1. The van der Waals surface area contributed by atoms with Crippen LogP contribution in [0.5, 0.6) is 0 Å². The van der Waals surface area contributed by atoms with Crippen molar-refractivity contribution >= 4 is 22.6 Å². The number of rotatable bonds is 6. The Morgan fingerprint density at radius 2 is 2.25 bits per heavy atom. The number of hydrogen-bond acceptors (Lipinski definition) is 5. The van der Waals surface area contributed by atoms with Gasteiger partial charge in [0.1, 0.15) is 11.9 Å². The van der Waals surface area contributed by atoms with Crippen molar-refractivity contribution in [2.45, 2.75) is 39.7 Å². The molecule has 1 aromatic heterocycles.